The number of hydrogen-bond acceptors (Lipinski definition) is 1. The van der Waals surface area contributed by atoms with Gasteiger partial charge in [-0.15, -0.1) is 11.6 Å². The Hall–Kier alpha value is 0.250. The summed E-state index contributed by atoms with van der Waals surface area (Å²) in [5.41, 5.74) is 0. The Morgan fingerprint density at radius 3 is 1.88 bits per heavy atom. The van der Waals surface area contributed by atoms with Crippen molar-refractivity contribution in [2.24, 2.45) is 0 Å². The maximum absolute atomic E-state index is 9.59. The number of aliphatic hydroxyl groups excluding tert-OH is 1. The van der Waals surface area contributed by atoms with Crippen molar-refractivity contribution in [3.63, 3.8) is 0 Å². The van der Waals surface area contributed by atoms with Crippen LogP contribution in [0, 0.1) is 0 Å². The molecule has 1 nitrogen and oxygen atoms in total. The van der Waals surface area contributed by atoms with E-state index in [1.165, 1.54) is 51.4 Å². The SMILES string of the molecule is CCCCCCCCCCC(O)CCCCl. The molecular formula is C14H29ClO. The molecule has 0 saturated heterocycles. The van der Waals surface area contributed by atoms with Crippen LogP contribution < -0.4 is 0 Å². The van der Waals surface area contributed by atoms with Crippen LogP contribution in [0.5, 0.6) is 0 Å². The first kappa shape index (κ1) is 16.2. The van der Waals surface area contributed by atoms with Crippen molar-refractivity contribution in [2.75, 3.05) is 5.88 Å². The van der Waals surface area contributed by atoms with Crippen LogP contribution in [0.4, 0.5) is 0 Å². The molecule has 0 aromatic carbocycles. The van der Waals surface area contributed by atoms with Crippen LogP contribution in [0.1, 0.15) is 77.6 Å². The predicted octanol–water partition coefficient (Wildman–Crippen LogP) is 4.90. The first-order valence-corrected chi connectivity index (χ1v) is 7.58. The molecule has 0 bridgehead atoms. The Bertz CT molecular complexity index is 128. The molecule has 0 aliphatic carbocycles. The number of halogens is 1. The van der Waals surface area contributed by atoms with Gasteiger partial charge in [-0.1, -0.05) is 58.3 Å². The Labute approximate surface area is 107 Å². The molecule has 98 valence electrons. The lowest BCUT2D eigenvalue weighted by Crippen LogP contribution is -2.06. The van der Waals surface area contributed by atoms with Gasteiger partial charge in [-0.3, -0.25) is 0 Å². The molecule has 1 N–H and O–H groups in total. The first-order valence-electron chi connectivity index (χ1n) is 7.05. The van der Waals surface area contributed by atoms with Crippen LogP contribution in [0.2, 0.25) is 0 Å². The van der Waals surface area contributed by atoms with Gasteiger partial charge in [0.15, 0.2) is 0 Å². The maximum Gasteiger partial charge on any atom is 0.0540 e. The highest BCUT2D eigenvalue weighted by molar-refractivity contribution is 6.17. The summed E-state index contributed by atoms with van der Waals surface area (Å²) in [5, 5.41) is 9.59. The molecule has 0 fully saturated rings. The third kappa shape index (κ3) is 12.3. The summed E-state index contributed by atoms with van der Waals surface area (Å²) in [4.78, 5) is 0. The van der Waals surface area contributed by atoms with Gasteiger partial charge in [-0.2, -0.15) is 0 Å². The topological polar surface area (TPSA) is 20.2 Å². The molecule has 0 rings (SSSR count). The fourth-order valence-corrected chi connectivity index (χ4v) is 2.13. The molecule has 0 spiro atoms. The maximum atomic E-state index is 9.59. The smallest absolute Gasteiger partial charge is 0.0540 e. The summed E-state index contributed by atoms with van der Waals surface area (Å²) < 4.78 is 0. The zero-order valence-corrected chi connectivity index (χ0v) is 11.6. The van der Waals surface area contributed by atoms with Crippen molar-refractivity contribution in [1.82, 2.24) is 0 Å². The predicted molar refractivity (Wildman–Crippen MR) is 73.2 cm³/mol. The van der Waals surface area contributed by atoms with Gasteiger partial charge >= 0.3 is 0 Å². The lowest BCUT2D eigenvalue weighted by molar-refractivity contribution is 0.150. The molecule has 1 atom stereocenters. The number of unbranched alkanes of at least 4 members (excludes halogenated alkanes) is 7. The van der Waals surface area contributed by atoms with E-state index in [4.69, 9.17) is 11.6 Å². The quantitative estimate of drug-likeness (QED) is 0.385. The Morgan fingerprint density at radius 2 is 1.31 bits per heavy atom. The van der Waals surface area contributed by atoms with Gasteiger partial charge in [0.25, 0.3) is 0 Å². The fourth-order valence-electron chi connectivity index (χ4n) is 1.97. The zero-order chi connectivity index (χ0) is 12.1. The first-order chi connectivity index (χ1) is 7.81. The highest BCUT2D eigenvalue weighted by Gasteiger charge is 2.02. The summed E-state index contributed by atoms with van der Waals surface area (Å²) in [5.74, 6) is 0.675. The van der Waals surface area contributed by atoms with E-state index >= 15 is 0 Å². The summed E-state index contributed by atoms with van der Waals surface area (Å²) in [7, 11) is 0. The minimum atomic E-state index is -0.112. The summed E-state index contributed by atoms with van der Waals surface area (Å²) in [6.45, 7) is 2.25. The minimum absolute atomic E-state index is 0.112. The van der Waals surface area contributed by atoms with E-state index in [9.17, 15) is 5.11 Å². The van der Waals surface area contributed by atoms with Gasteiger partial charge in [0.1, 0.15) is 0 Å². The molecule has 0 aromatic heterocycles. The number of rotatable bonds is 12. The molecular weight excluding hydrogens is 220 g/mol. The molecule has 0 aliphatic heterocycles. The average molecular weight is 249 g/mol. The van der Waals surface area contributed by atoms with Crippen molar-refractivity contribution in [3.05, 3.63) is 0 Å². The average Bonchev–Trinajstić information content (AvgIpc) is 2.30. The van der Waals surface area contributed by atoms with E-state index < -0.39 is 0 Å². The van der Waals surface area contributed by atoms with E-state index in [2.05, 4.69) is 6.92 Å². The molecule has 0 amide bonds. The third-order valence-electron chi connectivity index (χ3n) is 3.06. The van der Waals surface area contributed by atoms with Gasteiger partial charge in [0.2, 0.25) is 0 Å². The molecule has 0 radical (unpaired) electrons. The second-order valence-electron chi connectivity index (χ2n) is 4.75. The Morgan fingerprint density at radius 1 is 0.812 bits per heavy atom. The van der Waals surface area contributed by atoms with Crippen molar-refractivity contribution in [2.45, 2.75) is 83.7 Å². The summed E-state index contributed by atoms with van der Waals surface area (Å²) in [6.07, 6.45) is 13.3. The van der Waals surface area contributed by atoms with Gasteiger partial charge in [0.05, 0.1) is 6.10 Å². The lowest BCUT2D eigenvalue weighted by Gasteiger charge is -2.08. The van der Waals surface area contributed by atoms with Crippen molar-refractivity contribution < 1.29 is 5.11 Å². The molecule has 0 aliphatic rings. The second kappa shape index (κ2) is 13.3. The van der Waals surface area contributed by atoms with E-state index in [1.54, 1.807) is 0 Å². The van der Waals surface area contributed by atoms with Gasteiger partial charge in [-0.25, -0.2) is 0 Å². The highest BCUT2D eigenvalue weighted by atomic mass is 35.5. The molecule has 1 unspecified atom stereocenters. The number of aliphatic hydroxyl groups is 1. The van der Waals surface area contributed by atoms with Crippen LogP contribution >= 0.6 is 11.6 Å². The van der Waals surface area contributed by atoms with E-state index in [-0.39, 0.29) is 6.10 Å². The molecule has 2 heteroatoms. The number of hydrogen-bond donors (Lipinski definition) is 1. The van der Waals surface area contributed by atoms with Crippen LogP contribution in [0.3, 0.4) is 0 Å². The van der Waals surface area contributed by atoms with Gasteiger partial charge in [0, 0.05) is 5.88 Å². The van der Waals surface area contributed by atoms with Gasteiger partial charge in [-0.05, 0) is 19.3 Å². The highest BCUT2D eigenvalue weighted by Crippen LogP contribution is 2.12. The number of alkyl halides is 1. The minimum Gasteiger partial charge on any atom is -0.393 e. The van der Waals surface area contributed by atoms with Crippen molar-refractivity contribution in [3.8, 4) is 0 Å². The lowest BCUT2D eigenvalue weighted by atomic mass is 10.0. The van der Waals surface area contributed by atoms with E-state index in [0.717, 1.165) is 19.3 Å². The Kier molecular flexibility index (Phi) is 13.5. The largest absolute Gasteiger partial charge is 0.393 e. The van der Waals surface area contributed by atoms with E-state index in [1.807, 2.05) is 0 Å². The van der Waals surface area contributed by atoms with Gasteiger partial charge < -0.3 is 5.11 Å². The standard InChI is InChI=1S/C14H29ClO/c1-2-3-4-5-6-7-8-9-11-14(16)12-10-13-15/h14,16H,2-13H2,1H3. The van der Waals surface area contributed by atoms with Crippen LogP contribution in [0.25, 0.3) is 0 Å². The third-order valence-corrected chi connectivity index (χ3v) is 3.33. The molecule has 16 heavy (non-hydrogen) atoms. The second-order valence-corrected chi connectivity index (χ2v) is 5.13. The van der Waals surface area contributed by atoms with Crippen molar-refractivity contribution >= 4 is 11.6 Å². The monoisotopic (exact) mass is 248 g/mol. The van der Waals surface area contributed by atoms with Crippen LogP contribution in [0.15, 0.2) is 0 Å². The molecule has 0 saturated carbocycles. The molecule has 0 aromatic rings. The zero-order valence-electron chi connectivity index (χ0n) is 10.9. The fraction of sp³-hybridized carbons (Fsp3) is 1.00. The normalized spacial score (nSPS) is 12.9. The van der Waals surface area contributed by atoms with Crippen LogP contribution in [-0.2, 0) is 0 Å². The molecule has 0 heterocycles. The summed E-state index contributed by atoms with van der Waals surface area (Å²) >= 11 is 5.58. The van der Waals surface area contributed by atoms with Crippen molar-refractivity contribution in [1.29, 1.82) is 0 Å². The Balaban J connectivity index is 3.02. The van der Waals surface area contributed by atoms with E-state index in [0.29, 0.717) is 5.88 Å². The summed E-state index contributed by atoms with van der Waals surface area (Å²) in [6, 6.07) is 0. The van der Waals surface area contributed by atoms with Crippen LogP contribution in [-0.4, -0.2) is 17.1 Å².